The summed E-state index contributed by atoms with van der Waals surface area (Å²) in [6, 6.07) is 0. The van der Waals surface area contributed by atoms with Gasteiger partial charge in [-0.1, -0.05) is 18.2 Å². The summed E-state index contributed by atoms with van der Waals surface area (Å²) < 4.78 is 5.69. The standard InChI is InChI=1S/C14H24O2/c1-5-16-11(4)14-8-12(9-15)6-7-13(14)10(2)3/h8,11,13-15H,2,5-7,9H2,1,3-4H3/t11?,13-,14?/m1/s1. The van der Waals surface area contributed by atoms with E-state index in [9.17, 15) is 5.11 Å². The summed E-state index contributed by atoms with van der Waals surface area (Å²) in [7, 11) is 0. The molecule has 2 nitrogen and oxygen atoms in total. The highest BCUT2D eigenvalue weighted by molar-refractivity contribution is 5.17. The smallest absolute Gasteiger partial charge is 0.0641 e. The molecule has 0 spiro atoms. The van der Waals surface area contributed by atoms with E-state index in [4.69, 9.17) is 4.74 Å². The Morgan fingerprint density at radius 3 is 2.88 bits per heavy atom. The van der Waals surface area contributed by atoms with Crippen LogP contribution in [0.25, 0.3) is 0 Å². The van der Waals surface area contributed by atoms with Gasteiger partial charge < -0.3 is 9.84 Å². The molecule has 0 saturated heterocycles. The van der Waals surface area contributed by atoms with Crippen LogP contribution in [0.4, 0.5) is 0 Å². The van der Waals surface area contributed by atoms with Crippen LogP contribution in [0.15, 0.2) is 23.8 Å². The molecule has 0 radical (unpaired) electrons. The number of ether oxygens (including phenoxy) is 1. The molecule has 1 aliphatic rings. The van der Waals surface area contributed by atoms with Crippen LogP contribution < -0.4 is 0 Å². The van der Waals surface area contributed by atoms with Crippen molar-refractivity contribution in [2.45, 2.75) is 39.7 Å². The maximum absolute atomic E-state index is 9.21. The number of rotatable bonds is 5. The third-order valence-corrected chi connectivity index (χ3v) is 3.48. The first kappa shape index (κ1) is 13.5. The van der Waals surface area contributed by atoms with Crippen molar-refractivity contribution in [2.24, 2.45) is 11.8 Å². The minimum Gasteiger partial charge on any atom is -0.392 e. The lowest BCUT2D eigenvalue weighted by Crippen LogP contribution is -2.30. The number of aliphatic hydroxyl groups excluding tert-OH is 1. The molecule has 3 atom stereocenters. The van der Waals surface area contributed by atoms with Crippen molar-refractivity contribution in [2.75, 3.05) is 13.2 Å². The van der Waals surface area contributed by atoms with Crippen molar-refractivity contribution in [3.63, 3.8) is 0 Å². The van der Waals surface area contributed by atoms with E-state index in [1.807, 2.05) is 6.92 Å². The van der Waals surface area contributed by atoms with Gasteiger partial charge in [0.2, 0.25) is 0 Å². The second-order valence-electron chi connectivity index (χ2n) is 4.71. The van der Waals surface area contributed by atoms with E-state index < -0.39 is 0 Å². The molecule has 0 saturated carbocycles. The van der Waals surface area contributed by atoms with Gasteiger partial charge in [-0.2, -0.15) is 0 Å². The summed E-state index contributed by atoms with van der Waals surface area (Å²) in [4.78, 5) is 0. The Morgan fingerprint density at radius 1 is 1.69 bits per heavy atom. The minimum absolute atomic E-state index is 0.179. The van der Waals surface area contributed by atoms with Crippen LogP contribution in [0.1, 0.15) is 33.6 Å². The van der Waals surface area contributed by atoms with Gasteiger partial charge in [0.25, 0.3) is 0 Å². The number of hydrogen-bond donors (Lipinski definition) is 1. The number of allylic oxidation sites excluding steroid dienone is 1. The molecular formula is C14H24O2. The van der Waals surface area contributed by atoms with E-state index in [-0.39, 0.29) is 12.7 Å². The highest BCUT2D eigenvalue weighted by Crippen LogP contribution is 2.35. The Morgan fingerprint density at radius 2 is 2.38 bits per heavy atom. The summed E-state index contributed by atoms with van der Waals surface area (Å²) in [5.74, 6) is 0.866. The lowest BCUT2D eigenvalue weighted by molar-refractivity contribution is 0.0301. The van der Waals surface area contributed by atoms with Gasteiger partial charge in [0.15, 0.2) is 0 Å². The predicted molar refractivity (Wildman–Crippen MR) is 67.3 cm³/mol. The van der Waals surface area contributed by atoms with Crippen LogP contribution in [0, 0.1) is 11.8 Å². The zero-order valence-corrected chi connectivity index (χ0v) is 10.7. The Hall–Kier alpha value is -0.600. The summed E-state index contributed by atoms with van der Waals surface area (Å²) in [6.07, 6.45) is 4.48. The maximum atomic E-state index is 9.21. The van der Waals surface area contributed by atoms with Crippen LogP contribution in [-0.4, -0.2) is 24.4 Å². The van der Waals surface area contributed by atoms with Gasteiger partial charge in [-0.15, -0.1) is 0 Å². The highest BCUT2D eigenvalue weighted by Gasteiger charge is 2.29. The topological polar surface area (TPSA) is 29.5 Å². The lowest BCUT2D eigenvalue weighted by Gasteiger charge is -2.34. The van der Waals surface area contributed by atoms with Crippen molar-refractivity contribution in [3.8, 4) is 0 Å². The molecule has 0 amide bonds. The third-order valence-electron chi connectivity index (χ3n) is 3.48. The average molecular weight is 224 g/mol. The molecule has 0 aromatic rings. The molecule has 92 valence electrons. The van der Waals surface area contributed by atoms with Crippen LogP contribution in [-0.2, 0) is 4.74 Å². The van der Waals surface area contributed by atoms with Gasteiger partial charge in [-0.05, 0) is 45.1 Å². The molecule has 0 bridgehead atoms. The van der Waals surface area contributed by atoms with E-state index in [1.165, 1.54) is 5.57 Å². The van der Waals surface area contributed by atoms with E-state index in [2.05, 4.69) is 26.5 Å². The quantitative estimate of drug-likeness (QED) is 0.728. The zero-order chi connectivity index (χ0) is 12.1. The minimum atomic E-state index is 0.179. The molecule has 0 heterocycles. The summed E-state index contributed by atoms with van der Waals surface area (Å²) >= 11 is 0. The van der Waals surface area contributed by atoms with Gasteiger partial charge in [0.1, 0.15) is 0 Å². The van der Waals surface area contributed by atoms with E-state index in [0.717, 1.165) is 25.0 Å². The van der Waals surface area contributed by atoms with Crippen LogP contribution in [0.5, 0.6) is 0 Å². The normalized spacial score (nSPS) is 27.4. The van der Waals surface area contributed by atoms with Gasteiger partial charge >= 0.3 is 0 Å². The molecule has 0 aromatic carbocycles. The molecule has 2 heteroatoms. The van der Waals surface area contributed by atoms with Crippen LogP contribution in [0.2, 0.25) is 0 Å². The predicted octanol–water partition coefficient (Wildman–Crippen LogP) is 2.93. The summed E-state index contributed by atoms with van der Waals surface area (Å²) in [6.45, 7) is 11.2. The molecule has 2 unspecified atom stereocenters. The average Bonchev–Trinajstić information content (AvgIpc) is 2.28. The monoisotopic (exact) mass is 224 g/mol. The van der Waals surface area contributed by atoms with Crippen molar-refractivity contribution in [3.05, 3.63) is 23.8 Å². The Balaban J connectivity index is 2.81. The van der Waals surface area contributed by atoms with Crippen molar-refractivity contribution >= 4 is 0 Å². The fourth-order valence-electron chi connectivity index (χ4n) is 2.55. The second kappa shape index (κ2) is 6.21. The molecule has 1 rings (SSSR count). The number of hydrogen-bond acceptors (Lipinski definition) is 2. The first-order valence-electron chi connectivity index (χ1n) is 6.17. The first-order chi connectivity index (χ1) is 7.60. The van der Waals surface area contributed by atoms with Gasteiger partial charge in [-0.25, -0.2) is 0 Å². The number of aliphatic hydroxyl groups is 1. The molecule has 16 heavy (non-hydrogen) atoms. The second-order valence-corrected chi connectivity index (χ2v) is 4.71. The van der Waals surface area contributed by atoms with Crippen LogP contribution >= 0.6 is 0 Å². The Bertz CT molecular complexity index is 268. The molecule has 0 aromatic heterocycles. The van der Waals surface area contributed by atoms with Crippen LogP contribution in [0.3, 0.4) is 0 Å². The Labute approximate surface area is 99.0 Å². The Kier molecular flexibility index (Phi) is 5.23. The lowest BCUT2D eigenvalue weighted by atomic mass is 9.75. The van der Waals surface area contributed by atoms with Crippen molar-refractivity contribution < 1.29 is 9.84 Å². The molecular weight excluding hydrogens is 200 g/mol. The summed E-state index contributed by atoms with van der Waals surface area (Å²) in [5.41, 5.74) is 2.37. The van der Waals surface area contributed by atoms with Gasteiger partial charge in [0, 0.05) is 12.5 Å². The molecule has 1 N–H and O–H groups in total. The maximum Gasteiger partial charge on any atom is 0.0641 e. The molecule has 1 aliphatic carbocycles. The first-order valence-corrected chi connectivity index (χ1v) is 6.17. The highest BCUT2D eigenvalue weighted by atomic mass is 16.5. The van der Waals surface area contributed by atoms with Crippen molar-refractivity contribution in [1.29, 1.82) is 0 Å². The fraction of sp³-hybridized carbons (Fsp3) is 0.714. The van der Waals surface area contributed by atoms with E-state index >= 15 is 0 Å². The fourth-order valence-corrected chi connectivity index (χ4v) is 2.55. The van der Waals surface area contributed by atoms with Gasteiger partial charge in [0.05, 0.1) is 12.7 Å². The van der Waals surface area contributed by atoms with E-state index in [0.29, 0.717) is 11.8 Å². The largest absolute Gasteiger partial charge is 0.392 e. The van der Waals surface area contributed by atoms with E-state index in [1.54, 1.807) is 0 Å². The molecule has 0 fully saturated rings. The SMILES string of the molecule is C=C(C)[C@H]1CCC(CO)=CC1C(C)OCC. The third kappa shape index (κ3) is 3.19. The summed E-state index contributed by atoms with van der Waals surface area (Å²) in [5, 5.41) is 9.21. The zero-order valence-electron chi connectivity index (χ0n) is 10.7. The van der Waals surface area contributed by atoms with Crippen molar-refractivity contribution in [1.82, 2.24) is 0 Å². The van der Waals surface area contributed by atoms with Gasteiger partial charge in [-0.3, -0.25) is 0 Å². The molecule has 0 aliphatic heterocycles.